The first-order valence-corrected chi connectivity index (χ1v) is 7.90. The van der Waals surface area contributed by atoms with Gasteiger partial charge < -0.3 is 4.57 Å². The molecule has 0 unspecified atom stereocenters. The second-order valence-corrected chi connectivity index (χ2v) is 5.96. The van der Waals surface area contributed by atoms with E-state index in [1.165, 1.54) is 0 Å². The van der Waals surface area contributed by atoms with Crippen molar-refractivity contribution in [2.24, 2.45) is 5.10 Å². The van der Waals surface area contributed by atoms with E-state index in [9.17, 15) is 4.79 Å². The maximum absolute atomic E-state index is 11.8. The molecule has 1 aromatic carbocycles. The third-order valence-electron chi connectivity index (χ3n) is 2.32. The molecule has 20 heavy (non-hydrogen) atoms. The van der Waals surface area contributed by atoms with Gasteiger partial charge in [0, 0.05) is 0 Å². The summed E-state index contributed by atoms with van der Waals surface area (Å²) in [5, 5.41) is 3.90. The number of carbonyl (C=O) groups is 1. The van der Waals surface area contributed by atoms with Crippen LogP contribution in [0.1, 0.15) is 5.56 Å². The molecule has 1 N–H and O–H groups in total. The quantitative estimate of drug-likeness (QED) is 0.557. The van der Waals surface area contributed by atoms with E-state index in [0.29, 0.717) is 13.9 Å². The van der Waals surface area contributed by atoms with Crippen LogP contribution in [0.5, 0.6) is 0 Å². The van der Waals surface area contributed by atoms with Crippen molar-refractivity contribution in [2.45, 2.75) is 6.54 Å². The Hall–Kier alpha value is -0.990. The third-order valence-corrected chi connectivity index (χ3v) is 4.82. The number of hydrazone groups is 1. The van der Waals surface area contributed by atoms with Gasteiger partial charge in [-0.1, -0.05) is 30.3 Å². The number of carbonyl (C=O) groups excluding carboxylic acids is 1. The summed E-state index contributed by atoms with van der Waals surface area (Å²) in [5.74, 6) is -0.247. The first-order valence-electron chi connectivity index (χ1n) is 5.52. The summed E-state index contributed by atoms with van der Waals surface area (Å²) in [6, 6.07) is 9.52. The molecule has 1 aromatic heterocycles. The van der Waals surface area contributed by atoms with Gasteiger partial charge in [-0.15, -0.1) is 0 Å². The summed E-state index contributed by atoms with van der Waals surface area (Å²) < 4.78 is 3.53. The van der Waals surface area contributed by atoms with Crippen LogP contribution in [-0.2, 0) is 11.3 Å². The van der Waals surface area contributed by atoms with E-state index in [2.05, 4.69) is 63.3 Å². The number of benzene rings is 1. The third kappa shape index (κ3) is 4.00. The van der Waals surface area contributed by atoms with Crippen LogP contribution in [0, 0.1) is 0 Å². The van der Waals surface area contributed by atoms with Crippen LogP contribution in [-0.4, -0.2) is 21.7 Å². The number of hydrogen-bond acceptors (Lipinski definition) is 3. The van der Waals surface area contributed by atoms with E-state index in [0.717, 1.165) is 5.56 Å². The Kier molecular flexibility index (Phi) is 5.50. The van der Waals surface area contributed by atoms with Gasteiger partial charge in [0.15, 0.2) is 4.73 Å². The average molecular weight is 465 g/mol. The Balaban J connectivity index is 1.95. The minimum Gasteiger partial charge on any atom is -0.303 e. The summed E-state index contributed by atoms with van der Waals surface area (Å²) in [4.78, 5) is 15.9. The molecule has 1 amide bonds. The van der Waals surface area contributed by atoms with Gasteiger partial charge in [0.25, 0.3) is 5.91 Å². The zero-order valence-corrected chi connectivity index (χ0v) is 14.8. The Morgan fingerprint density at radius 2 is 2.00 bits per heavy atom. The molecule has 0 saturated carbocycles. The van der Waals surface area contributed by atoms with Gasteiger partial charge in [-0.05, 0) is 53.4 Å². The van der Waals surface area contributed by atoms with E-state index < -0.39 is 0 Å². The molecule has 0 bridgehead atoms. The number of hydrogen-bond donors (Lipinski definition) is 1. The highest BCUT2D eigenvalue weighted by Crippen LogP contribution is 2.26. The summed E-state index contributed by atoms with van der Waals surface area (Å²) in [6.07, 6.45) is 1.59. The number of nitrogens with one attached hydrogen (secondary N) is 1. The van der Waals surface area contributed by atoms with E-state index in [-0.39, 0.29) is 12.5 Å². The molecule has 1 heterocycles. The van der Waals surface area contributed by atoms with Crippen LogP contribution in [0.4, 0.5) is 0 Å². The van der Waals surface area contributed by atoms with Crippen LogP contribution in [0.3, 0.4) is 0 Å². The molecule has 0 aliphatic heterocycles. The van der Waals surface area contributed by atoms with Crippen LogP contribution < -0.4 is 5.43 Å². The number of imidazole rings is 1. The lowest BCUT2D eigenvalue weighted by Crippen LogP contribution is -2.23. The molecule has 0 radical (unpaired) electrons. The Morgan fingerprint density at radius 3 is 2.60 bits per heavy atom. The minimum absolute atomic E-state index is 0.103. The smallest absolute Gasteiger partial charge is 0.260 e. The monoisotopic (exact) mass is 462 g/mol. The van der Waals surface area contributed by atoms with Crippen LogP contribution in [0.25, 0.3) is 0 Å². The Labute approximate surface area is 140 Å². The highest BCUT2D eigenvalue weighted by Gasteiger charge is 2.13. The number of aromatic nitrogens is 2. The lowest BCUT2D eigenvalue weighted by atomic mass is 10.2. The average Bonchev–Trinajstić information content (AvgIpc) is 2.67. The molecule has 104 valence electrons. The van der Waals surface area contributed by atoms with Crippen molar-refractivity contribution in [1.82, 2.24) is 15.0 Å². The fourth-order valence-corrected chi connectivity index (χ4v) is 3.13. The topological polar surface area (TPSA) is 59.3 Å². The highest BCUT2D eigenvalue weighted by atomic mass is 79.9. The van der Waals surface area contributed by atoms with E-state index in [1.54, 1.807) is 10.8 Å². The van der Waals surface area contributed by atoms with Crippen molar-refractivity contribution in [2.75, 3.05) is 0 Å². The van der Waals surface area contributed by atoms with Crippen molar-refractivity contribution >= 4 is 59.9 Å². The van der Waals surface area contributed by atoms with Gasteiger partial charge in [-0.25, -0.2) is 10.4 Å². The van der Waals surface area contributed by atoms with Gasteiger partial charge in [0.1, 0.15) is 15.8 Å². The van der Waals surface area contributed by atoms with E-state index >= 15 is 0 Å². The maximum Gasteiger partial charge on any atom is 0.260 e. The number of rotatable bonds is 4. The molecular weight excluding hydrogens is 456 g/mol. The summed E-state index contributed by atoms with van der Waals surface area (Å²) in [7, 11) is 0. The molecule has 2 aromatic rings. The molecule has 0 aliphatic rings. The number of halogens is 3. The predicted octanol–water partition coefficient (Wildman–Crippen LogP) is 3.32. The predicted molar refractivity (Wildman–Crippen MR) is 87.5 cm³/mol. The maximum atomic E-state index is 11.8. The molecule has 0 spiro atoms. The second kappa shape index (κ2) is 7.14. The van der Waals surface area contributed by atoms with Crippen molar-refractivity contribution in [1.29, 1.82) is 0 Å². The fourth-order valence-electron chi connectivity index (χ4n) is 1.41. The summed E-state index contributed by atoms with van der Waals surface area (Å²) in [5.41, 5.74) is 3.39. The largest absolute Gasteiger partial charge is 0.303 e. The van der Waals surface area contributed by atoms with Gasteiger partial charge >= 0.3 is 0 Å². The van der Waals surface area contributed by atoms with Gasteiger partial charge in [0.2, 0.25) is 0 Å². The summed E-state index contributed by atoms with van der Waals surface area (Å²) >= 11 is 9.88. The molecule has 0 saturated heterocycles. The van der Waals surface area contributed by atoms with Crippen LogP contribution in [0.2, 0.25) is 0 Å². The zero-order chi connectivity index (χ0) is 14.5. The summed E-state index contributed by atoms with van der Waals surface area (Å²) in [6.45, 7) is 0.103. The van der Waals surface area contributed by atoms with Crippen molar-refractivity contribution in [3.63, 3.8) is 0 Å². The normalized spacial score (nSPS) is 10.9. The highest BCUT2D eigenvalue weighted by molar-refractivity contribution is 9.13. The van der Waals surface area contributed by atoms with Crippen molar-refractivity contribution < 1.29 is 4.79 Å². The molecule has 8 heteroatoms. The first-order chi connectivity index (χ1) is 9.58. The lowest BCUT2D eigenvalue weighted by molar-refractivity contribution is -0.121. The fraction of sp³-hybridized carbons (Fsp3) is 0.0833. The molecule has 0 aliphatic carbocycles. The van der Waals surface area contributed by atoms with Gasteiger partial charge in [-0.2, -0.15) is 5.10 Å². The second-order valence-electron chi connectivity index (χ2n) is 3.75. The SMILES string of the molecule is O=C(Cn1c(Br)nc(Br)c1Br)N/N=C/c1ccccc1. The Bertz CT molecular complexity index is 640. The van der Waals surface area contributed by atoms with Crippen molar-refractivity contribution in [3.05, 3.63) is 49.8 Å². The van der Waals surface area contributed by atoms with Crippen LogP contribution >= 0.6 is 47.8 Å². The first kappa shape index (κ1) is 15.4. The lowest BCUT2D eigenvalue weighted by Gasteiger charge is -2.04. The minimum atomic E-state index is -0.247. The van der Waals surface area contributed by atoms with Gasteiger partial charge in [-0.3, -0.25) is 4.79 Å². The number of nitrogens with zero attached hydrogens (tertiary/aromatic N) is 3. The standard InChI is InChI=1S/C12H9Br3N4O/c13-10-11(14)19(12(15)17-10)7-9(20)18-16-6-8-4-2-1-3-5-8/h1-6H,7H2,(H,18,20)/b16-6+. The molecule has 0 atom stereocenters. The molecule has 2 rings (SSSR count). The molecule has 5 nitrogen and oxygen atoms in total. The zero-order valence-electron chi connectivity index (χ0n) is 10.1. The van der Waals surface area contributed by atoms with Gasteiger partial charge in [0.05, 0.1) is 6.21 Å². The Morgan fingerprint density at radius 1 is 1.30 bits per heavy atom. The van der Waals surface area contributed by atoms with E-state index in [1.807, 2.05) is 30.3 Å². The van der Waals surface area contributed by atoms with E-state index in [4.69, 9.17) is 0 Å². The van der Waals surface area contributed by atoms with Crippen LogP contribution in [0.15, 0.2) is 49.4 Å². The van der Waals surface area contributed by atoms with Crippen molar-refractivity contribution in [3.8, 4) is 0 Å². The molecule has 0 fully saturated rings. The molecular formula is C12H9Br3N4O. The number of amides is 1.